The van der Waals surface area contributed by atoms with Crippen LogP contribution < -0.4 is 5.32 Å². The van der Waals surface area contributed by atoms with Crippen LogP contribution in [0.4, 0.5) is 10.1 Å². The highest BCUT2D eigenvalue weighted by molar-refractivity contribution is 5.94. The van der Waals surface area contributed by atoms with Crippen LogP contribution in [0.15, 0.2) is 18.2 Å². The first kappa shape index (κ1) is 12.7. The van der Waals surface area contributed by atoms with Crippen LogP contribution in [0.2, 0.25) is 0 Å². The van der Waals surface area contributed by atoms with Gasteiger partial charge >= 0.3 is 0 Å². The van der Waals surface area contributed by atoms with Crippen molar-refractivity contribution in [2.45, 2.75) is 18.9 Å². The van der Waals surface area contributed by atoms with Crippen molar-refractivity contribution in [3.63, 3.8) is 0 Å². The van der Waals surface area contributed by atoms with Crippen molar-refractivity contribution in [2.75, 3.05) is 11.9 Å². The molecule has 1 aliphatic rings. The number of aromatic amines is 1. The number of hydrogen-bond acceptors (Lipinski definition) is 5. The summed E-state index contributed by atoms with van der Waals surface area (Å²) in [5.41, 5.74) is 0.635. The zero-order chi connectivity index (χ0) is 13.9. The maximum absolute atomic E-state index is 13.7. The van der Waals surface area contributed by atoms with Crippen LogP contribution in [0.5, 0.6) is 0 Å². The Morgan fingerprint density at radius 2 is 2.40 bits per heavy atom. The van der Waals surface area contributed by atoms with Crippen LogP contribution in [-0.2, 0) is 9.53 Å². The maximum Gasteiger partial charge on any atom is 0.253 e. The number of halogens is 1. The smallest absolute Gasteiger partial charge is 0.253 e. The zero-order valence-electron chi connectivity index (χ0n) is 10.5. The van der Waals surface area contributed by atoms with Crippen LogP contribution in [-0.4, -0.2) is 39.2 Å². The summed E-state index contributed by atoms with van der Waals surface area (Å²) in [6.45, 7) is 0.559. The second-order valence-electron chi connectivity index (χ2n) is 4.42. The van der Waals surface area contributed by atoms with Gasteiger partial charge in [0.15, 0.2) is 0 Å². The number of carbonyl (C=O) groups is 1. The number of ether oxygens (including phenoxy) is 1. The van der Waals surface area contributed by atoms with Gasteiger partial charge in [0, 0.05) is 12.2 Å². The number of rotatable bonds is 3. The van der Waals surface area contributed by atoms with Crippen molar-refractivity contribution in [1.82, 2.24) is 20.6 Å². The minimum absolute atomic E-state index is 0.0767. The lowest BCUT2D eigenvalue weighted by Crippen LogP contribution is -2.27. The number of anilines is 1. The Hall–Kier alpha value is -2.35. The minimum Gasteiger partial charge on any atom is -0.368 e. The number of aromatic nitrogens is 4. The Kier molecular flexibility index (Phi) is 3.38. The fraction of sp³-hybridized carbons (Fsp3) is 0.333. The highest BCUT2D eigenvalue weighted by Gasteiger charge is 2.24. The number of carbonyl (C=O) groups excluding carboxylic acids is 1. The zero-order valence-corrected chi connectivity index (χ0v) is 10.5. The van der Waals surface area contributed by atoms with E-state index in [1.165, 1.54) is 18.2 Å². The molecule has 2 heterocycles. The third kappa shape index (κ3) is 2.50. The molecule has 0 spiro atoms. The summed E-state index contributed by atoms with van der Waals surface area (Å²) in [5.74, 6) is -0.534. The summed E-state index contributed by atoms with van der Waals surface area (Å²) in [6.07, 6.45) is 0.977. The normalized spacial score (nSPS) is 18.1. The number of nitrogens with zero attached hydrogens (tertiary/aromatic N) is 3. The molecule has 1 aromatic heterocycles. The molecule has 1 fully saturated rings. The largest absolute Gasteiger partial charge is 0.368 e. The van der Waals surface area contributed by atoms with E-state index in [1.54, 1.807) is 0 Å². The van der Waals surface area contributed by atoms with Crippen molar-refractivity contribution >= 4 is 11.6 Å². The van der Waals surface area contributed by atoms with Gasteiger partial charge in [0.05, 0.1) is 5.69 Å². The number of tetrazole rings is 1. The molecule has 8 heteroatoms. The summed E-state index contributed by atoms with van der Waals surface area (Å²) in [5, 5.41) is 15.9. The van der Waals surface area contributed by atoms with Crippen LogP contribution >= 0.6 is 0 Å². The van der Waals surface area contributed by atoms with E-state index in [0.717, 1.165) is 6.42 Å². The number of nitrogens with one attached hydrogen (secondary N) is 2. The Morgan fingerprint density at radius 1 is 1.50 bits per heavy atom. The molecule has 1 saturated heterocycles. The molecule has 1 aliphatic heterocycles. The lowest BCUT2D eigenvalue weighted by molar-refractivity contribution is -0.124. The molecule has 0 radical (unpaired) electrons. The number of hydrogen-bond donors (Lipinski definition) is 2. The van der Waals surface area contributed by atoms with E-state index in [1.807, 2.05) is 0 Å². The van der Waals surface area contributed by atoms with Crippen molar-refractivity contribution in [1.29, 1.82) is 0 Å². The first-order chi connectivity index (χ1) is 9.74. The average molecular weight is 277 g/mol. The summed E-state index contributed by atoms with van der Waals surface area (Å²) in [7, 11) is 0. The van der Waals surface area contributed by atoms with Gasteiger partial charge in [-0.3, -0.25) is 4.79 Å². The van der Waals surface area contributed by atoms with Gasteiger partial charge in [-0.1, -0.05) is 0 Å². The van der Waals surface area contributed by atoms with E-state index in [4.69, 9.17) is 4.74 Å². The third-order valence-corrected chi connectivity index (χ3v) is 3.05. The molecule has 0 aliphatic carbocycles. The van der Waals surface area contributed by atoms with Crippen LogP contribution in [0, 0.1) is 5.82 Å². The summed E-state index contributed by atoms with van der Waals surface area (Å²) in [4.78, 5) is 11.9. The first-order valence-corrected chi connectivity index (χ1v) is 6.20. The molecule has 7 nitrogen and oxygen atoms in total. The van der Waals surface area contributed by atoms with Gasteiger partial charge in [-0.2, -0.15) is 5.21 Å². The van der Waals surface area contributed by atoms with E-state index in [-0.39, 0.29) is 11.6 Å². The van der Waals surface area contributed by atoms with Crippen molar-refractivity contribution < 1.29 is 13.9 Å². The standard InChI is InChI=1S/C12H12FN5O2/c13-8-4-3-7(11-15-17-18-16-11)6-9(8)14-12(19)10-2-1-5-20-10/h3-4,6,10H,1-2,5H2,(H,14,19)(H,15,16,17,18)/t10-/m1/s1. The number of benzene rings is 1. The van der Waals surface area contributed by atoms with Crippen LogP contribution in [0.3, 0.4) is 0 Å². The van der Waals surface area contributed by atoms with Gasteiger partial charge < -0.3 is 10.1 Å². The Labute approximate surface area is 113 Å². The average Bonchev–Trinajstić information content (AvgIpc) is 3.14. The second kappa shape index (κ2) is 5.33. The summed E-state index contributed by atoms with van der Waals surface area (Å²) in [6, 6.07) is 4.23. The summed E-state index contributed by atoms with van der Waals surface area (Å²) >= 11 is 0. The molecule has 0 bridgehead atoms. The fourth-order valence-corrected chi connectivity index (χ4v) is 2.04. The van der Waals surface area contributed by atoms with Gasteiger partial charge in [-0.15, -0.1) is 10.2 Å². The molecule has 1 atom stereocenters. The quantitative estimate of drug-likeness (QED) is 0.877. The molecular weight excluding hydrogens is 265 g/mol. The number of H-pyrrole nitrogens is 1. The lowest BCUT2D eigenvalue weighted by atomic mass is 10.1. The molecular formula is C12H12FN5O2. The van der Waals surface area contributed by atoms with Gasteiger partial charge in [0.25, 0.3) is 5.91 Å². The predicted octanol–water partition coefficient (Wildman–Crippen LogP) is 1.12. The molecule has 1 aromatic carbocycles. The topological polar surface area (TPSA) is 92.8 Å². The minimum atomic E-state index is -0.524. The van der Waals surface area contributed by atoms with Gasteiger partial charge in [-0.05, 0) is 36.3 Å². The Bertz CT molecular complexity index is 610. The van der Waals surface area contributed by atoms with Crippen LogP contribution in [0.1, 0.15) is 12.8 Å². The highest BCUT2D eigenvalue weighted by atomic mass is 19.1. The lowest BCUT2D eigenvalue weighted by Gasteiger charge is -2.11. The Morgan fingerprint density at radius 3 is 3.10 bits per heavy atom. The van der Waals surface area contributed by atoms with Crippen LogP contribution in [0.25, 0.3) is 11.4 Å². The van der Waals surface area contributed by atoms with Crippen molar-refractivity contribution in [2.24, 2.45) is 0 Å². The van der Waals surface area contributed by atoms with E-state index in [2.05, 4.69) is 25.9 Å². The first-order valence-electron chi connectivity index (χ1n) is 6.20. The van der Waals surface area contributed by atoms with E-state index in [9.17, 15) is 9.18 Å². The number of amides is 1. The molecule has 2 N–H and O–H groups in total. The molecule has 104 valence electrons. The van der Waals surface area contributed by atoms with Gasteiger partial charge in [0.2, 0.25) is 5.82 Å². The highest BCUT2D eigenvalue weighted by Crippen LogP contribution is 2.23. The Balaban J connectivity index is 1.81. The molecule has 1 amide bonds. The molecule has 0 unspecified atom stereocenters. The van der Waals surface area contributed by atoms with Crippen molar-refractivity contribution in [3.8, 4) is 11.4 Å². The predicted molar refractivity (Wildman–Crippen MR) is 67.2 cm³/mol. The molecule has 0 saturated carbocycles. The molecule has 20 heavy (non-hydrogen) atoms. The molecule has 2 aromatic rings. The maximum atomic E-state index is 13.7. The van der Waals surface area contributed by atoms with Crippen molar-refractivity contribution in [3.05, 3.63) is 24.0 Å². The third-order valence-electron chi connectivity index (χ3n) is 3.05. The van der Waals surface area contributed by atoms with Gasteiger partial charge in [0.1, 0.15) is 11.9 Å². The van der Waals surface area contributed by atoms with Gasteiger partial charge in [-0.25, -0.2) is 4.39 Å². The SMILES string of the molecule is O=C(Nc1cc(-c2nn[nH]n2)ccc1F)[C@H]1CCCO1. The fourth-order valence-electron chi connectivity index (χ4n) is 2.04. The second-order valence-corrected chi connectivity index (χ2v) is 4.42. The summed E-state index contributed by atoms with van der Waals surface area (Å²) < 4.78 is 19.0. The monoisotopic (exact) mass is 277 g/mol. The van der Waals surface area contributed by atoms with E-state index in [0.29, 0.717) is 24.4 Å². The molecule has 3 rings (SSSR count). The van der Waals surface area contributed by atoms with E-state index >= 15 is 0 Å². The van der Waals surface area contributed by atoms with E-state index < -0.39 is 11.9 Å².